The van der Waals surface area contributed by atoms with Crippen LogP contribution in [-0.2, 0) is 0 Å². The van der Waals surface area contributed by atoms with Crippen molar-refractivity contribution >= 4 is 40.0 Å². The zero-order valence-electron chi connectivity index (χ0n) is 10.5. The zero-order chi connectivity index (χ0) is 13.6. The van der Waals surface area contributed by atoms with Gasteiger partial charge in [-0.1, -0.05) is 11.6 Å². The molecule has 0 aromatic carbocycles. The van der Waals surface area contributed by atoms with E-state index in [1.54, 1.807) is 23.6 Å². The molecule has 7 heteroatoms. The first-order valence-corrected chi connectivity index (χ1v) is 6.97. The van der Waals surface area contributed by atoms with Crippen LogP contribution in [0.3, 0.4) is 0 Å². The Morgan fingerprint density at radius 3 is 2.84 bits per heavy atom. The fraction of sp³-hybridized carbons (Fsp3) is 0.250. The Bertz CT molecular complexity index is 748. The van der Waals surface area contributed by atoms with Crippen molar-refractivity contribution in [2.45, 2.75) is 19.9 Å². The van der Waals surface area contributed by atoms with Crippen molar-refractivity contribution < 1.29 is 0 Å². The molecule has 0 spiro atoms. The van der Waals surface area contributed by atoms with E-state index in [0.717, 1.165) is 10.7 Å². The van der Waals surface area contributed by atoms with Crippen LogP contribution in [0.2, 0.25) is 5.02 Å². The van der Waals surface area contributed by atoms with E-state index < -0.39 is 0 Å². The summed E-state index contributed by atoms with van der Waals surface area (Å²) in [5.74, 6) is 0.421. The quantitative estimate of drug-likeness (QED) is 0.788. The lowest BCUT2D eigenvalue weighted by molar-refractivity contribution is 0.657. The molecule has 3 rings (SSSR count). The minimum atomic E-state index is -0.00243. The Hall–Kier alpha value is -1.66. The number of rotatable bonds is 2. The molecule has 0 radical (unpaired) electrons. The maximum atomic E-state index is 5.99. The second-order valence-electron chi connectivity index (χ2n) is 4.32. The molecule has 5 nitrogen and oxygen atoms in total. The average Bonchev–Trinajstić information content (AvgIpc) is 2.91. The highest BCUT2D eigenvalue weighted by Crippen LogP contribution is 2.29. The van der Waals surface area contributed by atoms with E-state index in [2.05, 4.69) is 15.0 Å². The fourth-order valence-electron chi connectivity index (χ4n) is 2.03. The number of aromatic nitrogens is 4. The average molecular weight is 294 g/mol. The normalized spacial score (nSPS) is 13.0. The van der Waals surface area contributed by atoms with E-state index in [9.17, 15) is 0 Å². The zero-order valence-corrected chi connectivity index (χ0v) is 12.0. The van der Waals surface area contributed by atoms with Gasteiger partial charge in [0.2, 0.25) is 5.95 Å². The van der Waals surface area contributed by atoms with Crippen LogP contribution in [0.4, 0.5) is 5.95 Å². The molecule has 0 aliphatic heterocycles. The van der Waals surface area contributed by atoms with Crippen LogP contribution in [0.1, 0.15) is 22.9 Å². The van der Waals surface area contributed by atoms with Crippen molar-refractivity contribution in [2.75, 3.05) is 5.73 Å². The molecule has 3 aromatic rings. The smallest absolute Gasteiger partial charge is 0.203 e. The number of thiazole rings is 1. The summed E-state index contributed by atoms with van der Waals surface area (Å²) in [6.07, 6.45) is 3.46. The molecule has 0 aliphatic rings. The number of hydrogen-bond donors (Lipinski definition) is 1. The lowest BCUT2D eigenvalue weighted by Gasteiger charge is -2.12. The van der Waals surface area contributed by atoms with Crippen molar-refractivity contribution in [1.29, 1.82) is 0 Å². The maximum Gasteiger partial charge on any atom is 0.203 e. The van der Waals surface area contributed by atoms with Crippen LogP contribution in [0.5, 0.6) is 0 Å². The van der Waals surface area contributed by atoms with Crippen molar-refractivity contribution in [2.24, 2.45) is 0 Å². The molecule has 0 aliphatic carbocycles. The monoisotopic (exact) mass is 293 g/mol. The lowest BCUT2D eigenvalue weighted by atomic mass is 10.3. The van der Waals surface area contributed by atoms with Gasteiger partial charge in [0.25, 0.3) is 0 Å². The van der Waals surface area contributed by atoms with E-state index in [-0.39, 0.29) is 6.04 Å². The summed E-state index contributed by atoms with van der Waals surface area (Å²) in [5.41, 5.74) is 7.42. The van der Waals surface area contributed by atoms with E-state index in [1.165, 1.54) is 4.88 Å². The van der Waals surface area contributed by atoms with Gasteiger partial charge in [-0.15, -0.1) is 11.3 Å². The van der Waals surface area contributed by atoms with E-state index in [4.69, 9.17) is 17.3 Å². The van der Waals surface area contributed by atoms with Gasteiger partial charge < -0.3 is 5.73 Å². The highest BCUT2D eigenvalue weighted by Gasteiger charge is 2.19. The molecule has 0 amide bonds. The summed E-state index contributed by atoms with van der Waals surface area (Å²) in [6, 6.07) is 1.76. The lowest BCUT2D eigenvalue weighted by Crippen LogP contribution is -2.10. The Labute approximate surface area is 119 Å². The molecule has 1 atom stereocenters. The Morgan fingerprint density at radius 2 is 2.16 bits per heavy atom. The predicted octanol–water partition coefficient (Wildman–Crippen LogP) is 3.04. The minimum absolute atomic E-state index is 0.00243. The van der Waals surface area contributed by atoms with Gasteiger partial charge in [-0.2, -0.15) is 0 Å². The van der Waals surface area contributed by atoms with Crippen LogP contribution in [0.25, 0.3) is 11.2 Å². The molecule has 2 N–H and O–H groups in total. The molecule has 0 fully saturated rings. The number of aryl methyl sites for hydroxylation is 1. The van der Waals surface area contributed by atoms with E-state index in [0.29, 0.717) is 16.5 Å². The standard InChI is InChI=1S/C12H12ClN5S/c1-6-4-16-11(19-6)7(2)18-10-9(17-12(18)14)3-8(13)5-15-10/h3-5,7H,1-2H3,(H2,14,17). The Kier molecular flexibility index (Phi) is 2.91. The summed E-state index contributed by atoms with van der Waals surface area (Å²) >= 11 is 7.56. The molecule has 3 heterocycles. The summed E-state index contributed by atoms with van der Waals surface area (Å²) in [4.78, 5) is 14.2. The molecular weight excluding hydrogens is 282 g/mol. The molecule has 0 saturated heterocycles. The fourth-order valence-corrected chi connectivity index (χ4v) is 3.00. The first-order valence-electron chi connectivity index (χ1n) is 5.77. The predicted molar refractivity (Wildman–Crippen MR) is 77.6 cm³/mol. The van der Waals surface area contributed by atoms with Crippen LogP contribution in [-0.4, -0.2) is 19.5 Å². The molecule has 0 saturated carbocycles. The number of nitrogens with zero attached hydrogens (tertiary/aromatic N) is 4. The number of halogens is 1. The molecule has 0 bridgehead atoms. The number of nitrogen functional groups attached to an aromatic ring is 1. The number of nitrogens with two attached hydrogens (primary N) is 1. The number of hydrogen-bond acceptors (Lipinski definition) is 5. The second-order valence-corrected chi connectivity index (χ2v) is 6.02. The number of imidazole rings is 1. The van der Waals surface area contributed by atoms with Crippen LogP contribution >= 0.6 is 22.9 Å². The third-order valence-corrected chi connectivity index (χ3v) is 4.20. The van der Waals surface area contributed by atoms with Gasteiger partial charge in [-0.05, 0) is 19.9 Å². The number of anilines is 1. The molecular formula is C12H12ClN5S. The highest BCUT2D eigenvalue weighted by molar-refractivity contribution is 7.11. The number of pyridine rings is 1. The van der Waals surface area contributed by atoms with Crippen LogP contribution in [0, 0.1) is 6.92 Å². The van der Waals surface area contributed by atoms with Gasteiger partial charge in [0.05, 0.1) is 11.1 Å². The third kappa shape index (κ3) is 2.06. The summed E-state index contributed by atoms with van der Waals surface area (Å²) in [6.45, 7) is 4.06. The van der Waals surface area contributed by atoms with Gasteiger partial charge in [-0.3, -0.25) is 4.57 Å². The largest absolute Gasteiger partial charge is 0.369 e. The summed E-state index contributed by atoms with van der Waals surface area (Å²) in [7, 11) is 0. The topological polar surface area (TPSA) is 69.6 Å². The van der Waals surface area contributed by atoms with Crippen molar-refractivity contribution in [1.82, 2.24) is 19.5 Å². The third-order valence-electron chi connectivity index (χ3n) is 2.91. The van der Waals surface area contributed by atoms with Gasteiger partial charge in [0, 0.05) is 17.3 Å². The Balaban J connectivity index is 2.16. The molecule has 19 heavy (non-hydrogen) atoms. The maximum absolute atomic E-state index is 5.99. The molecule has 98 valence electrons. The number of fused-ring (bicyclic) bond motifs is 1. The summed E-state index contributed by atoms with van der Waals surface area (Å²) in [5, 5.41) is 1.54. The van der Waals surface area contributed by atoms with Gasteiger partial charge in [0.15, 0.2) is 5.65 Å². The van der Waals surface area contributed by atoms with Crippen molar-refractivity contribution in [3.8, 4) is 0 Å². The van der Waals surface area contributed by atoms with E-state index >= 15 is 0 Å². The SMILES string of the molecule is Cc1cnc(C(C)n2c(N)nc3cc(Cl)cnc32)s1. The van der Waals surface area contributed by atoms with Crippen molar-refractivity contribution in [3.05, 3.63) is 33.4 Å². The minimum Gasteiger partial charge on any atom is -0.369 e. The first kappa shape index (κ1) is 12.4. The Morgan fingerprint density at radius 1 is 1.37 bits per heavy atom. The second kappa shape index (κ2) is 4.47. The van der Waals surface area contributed by atoms with Gasteiger partial charge >= 0.3 is 0 Å². The summed E-state index contributed by atoms with van der Waals surface area (Å²) < 4.78 is 1.88. The van der Waals surface area contributed by atoms with Crippen LogP contribution in [0.15, 0.2) is 18.5 Å². The molecule has 1 unspecified atom stereocenters. The van der Waals surface area contributed by atoms with Gasteiger partial charge in [-0.25, -0.2) is 15.0 Å². The van der Waals surface area contributed by atoms with Gasteiger partial charge in [0.1, 0.15) is 10.5 Å². The highest BCUT2D eigenvalue weighted by atomic mass is 35.5. The van der Waals surface area contributed by atoms with Crippen molar-refractivity contribution in [3.63, 3.8) is 0 Å². The van der Waals surface area contributed by atoms with E-state index in [1.807, 2.05) is 24.6 Å². The van der Waals surface area contributed by atoms with Crippen LogP contribution < -0.4 is 5.73 Å². The first-order chi connectivity index (χ1) is 9.06. The molecule has 3 aromatic heterocycles.